The summed E-state index contributed by atoms with van der Waals surface area (Å²) in [5.41, 5.74) is 3.44. The minimum Gasteiger partial charge on any atom is -0.289 e. The van der Waals surface area contributed by atoms with Gasteiger partial charge in [0.2, 0.25) is 0 Å². The minimum absolute atomic E-state index is 0.114. The van der Waals surface area contributed by atoms with Crippen LogP contribution in [-0.4, -0.2) is 14.8 Å². The lowest BCUT2D eigenvalue weighted by atomic mass is 10.1. The molecule has 2 aromatic carbocycles. The molecule has 1 heterocycles. The molecule has 1 aliphatic rings. The molecule has 0 saturated heterocycles. The third-order valence-electron chi connectivity index (χ3n) is 4.06. The summed E-state index contributed by atoms with van der Waals surface area (Å²) in [4.78, 5) is 15.1. The zero-order valence-corrected chi connectivity index (χ0v) is 11.5. The fourth-order valence-electron chi connectivity index (χ4n) is 3.02. The Bertz CT molecular complexity index is 807. The molecule has 104 valence electrons. The van der Waals surface area contributed by atoms with Crippen LogP contribution in [-0.2, 0) is 12.8 Å². The fraction of sp³-hybridized carbons (Fsp3) is 0.176. The first-order chi connectivity index (χ1) is 10.3. The van der Waals surface area contributed by atoms with Crippen LogP contribution in [0.5, 0.6) is 0 Å². The Kier molecular flexibility index (Phi) is 2.74. The predicted octanol–water partition coefficient (Wildman–Crippen LogP) is 2.58. The number of aromatic amines is 1. The van der Waals surface area contributed by atoms with Gasteiger partial charge in [0.15, 0.2) is 5.82 Å². The summed E-state index contributed by atoms with van der Waals surface area (Å²) in [6.45, 7) is 0. The van der Waals surface area contributed by atoms with Crippen molar-refractivity contribution in [2.45, 2.75) is 18.9 Å². The summed E-state index contributed by atoms with van der Waals surface area (Å²) < 4.78 is 1.60. The molecule has 1 N–H and O–H groups in total. The molecular weight excluding hydrogens is 262 g/mol. The molecule has 4 nitrogen and oxygen atoms in total. The Labute approximate surface area is 122 Å². The molecule has 0 spiro atoms. The first kappa shape index (κ1) is 12.1. The van der Waals surface area contributed by atoms with Gasteiger partial charge in [-0.15, -0.1) is 5.10 Å². The summed E-state index contributed by atoms with van der Waals surface area (Å²) in [6, 6.07) is 18.2. The molecule has 4 rings (SSSR count). The van der Waals surface area contributed by atoms with E-state index in [-0.39, 0.29) is 11.7 Å². The molecule has 21 heavy (non-hydrogen) atoms. The first-order valence-corrected chi connectivity index (χ1v) is 7.12. The third kappa shape index (κ3) is 2.09. The molecule has 0 saturated carbocycles. The van der Waals surface area contributed by atoms with Gasteiger partial charge in [0.05, 0.1) is 6.04 Å². The van der Waals surface area contributed by atoms with Crippen LogP contribution >= 0.6 is 0 Å². The second-order valence-corrected chi connectivity index (χ2v) is 5.42. The molecule has 0 amide bonds. The number of hydrogen-bond acceptors (Lipinski definition) is 2. The van der Waals surface area contributed by atoms with Crippen LogP contribution in [0.2, 0.25) is 0 Å². The average molecular weight is 277 g/mol. The highest BCUT2D eigenvalue weighted by Gasteiger charge is 2.25. The van der Waals surface area contributed by atoms with Crippen LogP contribution in [0.4, 0.5) is 0 Å². The number of fused-ring (bicyclic) bond motifs is 1. The number of nitrogens with one attached hydrogen (secondary N) is 1. The maximum absolute atomic E-state index is 12.2. The Morgan fingerprint density at radius 3 is 2.24 bits per heavy atom. The van der Waals surface area contributed by atoms with E-state index < -0.39 is 0 Å². The second kappa shape index (κ2) is 4.74. The molecule has 0 aliphatic heterocycles. The number of benzene rings is 2. The van der Waals surface area contributed by atoms with E-state index in [4.69, 9.17) is 0 Å². The third-order valence-corrected chi connectivity index (χ3v) is 4.06. The quantitative estimate of drug-likeness (QED) is 0.782. The van der Waals surface area contributed by atoms with Crippen molar-refractivity contribution in [3.8, 4) is 11.4 Å². The van der Waals surface area contributed by atoms with Crippen LogP contribution in [0.15, 0.2) is 59.4 Å². The van der Waals surface area contributed by atoms with Crippen LogP contribution in [0, 0.1) is 0 Å². The molecule has 0 radical (unpaired) electrons. The fourth-order valence-corrected chi connectivity index (χ4v) is 3.02. The largest absolute Gasteiger partial charge is 0.343 e. The van der Waals surface area contributed by atoms with Crippen LogP contribution in [0.1, 0.15) is 17.2 Å². The van der Waals surface area contributed by atoms with Gasteiger partial charge in [-0.2, -0.15) is 0 Å². The lowest BCUT2D eigenvalue weighted by Gasteiger charge is -2.07. The molecule has 0 atom stereocenters. The zero-order chi connectivity index (χ0) is 14.2. The lowest BCUT2D eigenvalue weighted by Crippen LogP contribution is -2.23. The summed E-state index contributed by atoms with van der Waals surface area (Å²) in [5.74, 6) is 0.636. The van der Waals surface area contributed by atoms with Gasteiger partial charge in [0.25, 0.3) is 0 Å². The number of H-pyrrole nitrogens is 1. The van der Waals surface area contributed by atoms with E-state index in [1.165, 1.54) is 11.1 Å². The Morgan fingerprint density at radius 2 is 1.57 bits per heavy atom. The monoisotopic (exact) mass is 277 g/mol. The highest BCUT2D eigenvalue weighted by molar-refractivity contribution is 5.53. The van der Waals surface area contributed by atoms with E-state index in [0.29, 0.717) is 5.82 Å². The van der Waals surface area contributed by atoms with Gasteiger partial charge >= 0.3 is 5.69 Å². The van der Waals surface area contributed by atoms with Crippen molar-refractivity contribution in [1.29, 1.82) is 0 Å². The van der Waals surface area contributed by atoms with Gasteiger partial charge in [-0.3, -0.25) is 4.98 Å². The van der Waals surface area contributed by atoms with E-state index in [0.717, 1.165) is 18.4 Å². The highest BCUT2D eigenvalue weighted by atomic mass is 16.2. The van der Waals surface area contributed by atoms with Crippen molar-refractivity contribution in [2.75, 3.05) is 0 Å². The van der Waals surface area contributed by atoms with Gasteiger partial charge in [0, 0.05) is 5.56 Å². The van der Waals surface area contributed by atoms with E-state index in [1.807, 2.05) is 42.5 Å². The first-order valence-electron chi connectivity index (χ1n) is 7.12. The van der Waals surface area contributed by atoms with Crippen molar-refractivity contribution in [3.63, 3.8) is 0 Å². The van der Waals surface area contributed by atoms with E-state index in [9.17, 15) is 4.79 Å². The Morgan fingerprint density at radius 1 is 0.952 bits per heavy atom. The topological polar surface area (TPSA) is 50.7 Å². The van der Waals surface area contributed by atoms with Gasteiger partial charge in [-0.25, -0.2) is 9.48 Å². The van der Waals surface area contributed by atoms with Crippen molar-refractivity contribution in [1.82, 2.24) is 14.8 Å². The number of nitrogens with zero attached hydrogens (tertiary/aromatic N) is 2. The van der Waals surface area contributed by atoms with E-state index in [2.05, 4.69) is 22.2 Å². The Balaban J connectivity index is 1.69. The number of hydrogen-bond donors (Lipinski definition) is 1. The van der Waals surface area contributed by atoms with Crippen LogP contribution in [0.3, 0.4) is 0 Å². The van der Waals surface area contributed by atoms with E-state index in [1.54, 1.807) is 4.68 Å². The highest BCUT2D eigenvalue weighted by Crippen LogP contribution is 2.29. The summed E-state index contributed by atoms with van der Waals surface area (Å²) in [7, 11) is 0. The molecular formula is C17H15N3O. The van der Waals surface area contributed by atoms with Crippen molar-refractivity contribution in [3.05, 3.63) is 76.2 Å². The van der Waals surface area contributed by atoms with Gasteiger partial charge in [-0.05, 0) is 24.0 Å². The molecule has 1 aliphatic carbocycles. The van der Waals surface area contributed by atoms with E-state index >= 15 is 0 Å². The molecule has 1 aromatic heterocycles. The van der Waals surface area contributed by atoms with Crippen molar-refractivity contribution >= 4 is 0 Å². The number of rotatable bonds is 2. The summed E-state index contributed by atoms with van der Waals surface area (Å²) in [5, 5.41) is 4.49. The predicted molar refractivity (Wildman–Crippen MR) is 81.2 cm³/mol. The van der Waals surface area contributed by atoms with Crippen molar-refractivity contribution < 1.29 is 0 Å². The van der Waals surface area contributed by atoms with Gasteiger partial charge < -0.3 is 0 Å². The second-order valence-electron chi connectivity index (χ2n) is 5.42. The molecule has 3 aromatic rings. The smallest absolute Gasteiger partial charge is 0.289 e. The molecule has 0 bridgehead atoms. The minimum atomic E-state index is -0.133. The molecule has 0 fully saturated rings. The summed E-state index contributed by atoms with van der Waals surface area (Å²) in [6.07, 6.45) is 1.74. The maximum atomic E-state index is 12.2. The van der Waals surface area contributed by atoms with Gasteiger partial charge in [-0.1, -0.05) is 54.6 Å². The van der Waals surface area contributed by atoms with Crippen LogP contribution < -0.4 is 5.69 Å². The Hall–Kier alpha value is -2.62. The zero-order valence-electron chi connectivity index (χ0n) is 11.5. The van der Waals surface area contributed by atoms with Crippen LogP contribution in [0.25, 0.3) is 11.4 Å². The summed E-state index contributed by atoms with van der Waals surface area (Å²) >= 11 is 0. The molecule has 4 heteroatoms. The SMILES string of the molecule is O=c1[nH]c(-c2ccccc2)nn1C1Cc2ccccc2C1. The lowest BCUT2D eigenvalue weighted by molar-refractivity contribution is 0.461. The normalized spacial score (nSPS) is 14.3. The van der Waals surface area contributed by atoms with Crippen molar-refractivity contribution in [2.24, 2.45) is 0 Å². The van der Waals surface area contributed by atoms with Gasteiger partial charge in [0.1, 0.15) is 0 Å². The maximum Gasteiger partial charge on any atom is 0.343 e. The standard InChI is InChI=1S/C17H15N3O/c21-17-18-16(12-6-2-1-3-7-12)19-20(17)15-10-13-8-4-5-9-14(13)11-15/h1-9,15H,10-11H2,(H,18,19,21). The average Bonchev–Trinajstić information content (AvgIpc) is 3.11. The number of aromatic nitrogens is 3. The molecule has 0 unspecified atom stereocenters.